The molecule has 0 bridgehead atoms. The molecule has 3 heteroatoms. The van der Waals surface area contributed by atoms with E-state index in [9.17, 15) is 5.11 Å². The van der Waals surface area contributed by atoms with Gasteiger partial charge in [-0.3, -0.25) is 0 Å². The van der Waals surface area contributed by atoms with Crippen molar-refractivity contribution in [1.82, 2.24) is 0 Å². The first kappa shape index (κ1) is 15.3. The van der Waals surface area contributed by atoms with Gasteiger partial charge in [0.15, 0.2) is 0 Å². The summed E-state index contributed by atoms with van der Waals surface area (Å²) < 4.78 is 5.56. The first-order valence-corrected chi connectivity index (χ1v) is 6.73. The Morgan fingerprint density at radius 3 is 2.61 bits per heavy atom. The summed E-state index contributed by atoms with van der Waals surface area (Å²) >= 11 is 6.02. The van der Waals surface area contributed by atoms with Crippen LogP contribution in [0.2, 0.25) is 5.02 Å². The molecule has 1 rings (SSSR count). The fraction of sp³-hybridized carbons (Fsp3) is 0.600. The zero-order valence-electron chi connectivity index (χ0n) is 11.7. The Kier molecular flexibility index (Phi) is 5.48. The molecule has 1 aromatic carbocycles. The van der Waals surface area contributed by atoms with Crippen molar-refractivity contribution in [2.24, 2.45) is 5.41 Å². The number of aryl methyl sites for hydroxylation is 1. The molecule has 0 spiro atoms. The summed E-state index contributed by atoms with van der Waals surface area (Å²) in [5.74, 6) is 0.645. The number of halogens is 1. The van der Waals surface area contributed by atoms with Crippen LogP contribution in [0.5, 0.6) is 5.75 Å². The molecule has 0 aromatic heterocycles. The van der Waals surface area contributed by atoms with Gasteiger partial charge in [0.2, 0.25) is 0 Å². The second-order valence-corrected chi connectivity index (χ2v) is 6.41. The summed E-state index contributed by atoms with van der Waals surface area (Å²) in [4.78, 5) is 0. The van der Waals surface area contributed by atoms with Crippen molar-refractivity contribution >= 4 is 11.6 Å². The number of hydrogen-bond acceptors (Lipinski definition) is 2. The number of rotatable bonds is 5. The summed E-state index contributed by atoms with van der Waals surface area (Å²) in [5, 5.41) is 10.5. The van der Waals surface area contributed by atoms with Crippen molar-refractivity contribution in [3.63, 3.8) is 0 Å². The van der Waals surface area contributed by atoms with E-state index in [0.29, 0.717) is 17.4 Å². The number of benzene rings is 1. The van der Waals surface area contributed by atoms with Gasteiger partial charge in [0.05, 0.1) is 11.1 Å². The highest BCUT2D eigenvalue weighted by molar-refractivity contribution is 6.32. The number of aliphatic hydroxyl groups is 1. The minimum atomic E-state index is -0.444. The van der Waals surface area contributed by atoms with E-state index in [2.05, 4.69) is 20.8 Å². The number of ether oxygens (including phenoxy) is 1. The molecule has 0 aliphatic rings. The Labute approximate surface area is 115 Å². The summed E-state index contributed by atoms with van der Waals surface area (Å²) in [6.45, 7) is 8.77. The van der Waals surface area contributed by atoms with Crippen molar-refractivity contribution in [1.29, 1.82) is 0 Å². The fourth-order valence-electron chi connectivity index (χ4n) is 1.59. The summed E-state index contributed by atoms with van der Waals surface area (Å²) in [6, 6.07) is 5.64. The van der Waals surface area contributed by atoms with Crippen LogP contribution in [-0.4, -0.2) is 17.8 Å². The van der Waals surface area contributed by atoms with Crippen LogP contribution in [0.3, 0.4) is 0 Å². The molecule has 2 nitrogen and oxygen atoms in total. The molecular weight excluding hydrogens is 248 g/mol. The Morgan fingerprint density at radius 1 is 1.33 bits per heavy atom. The first-order chi connectivity index (χ1) is 8.28. The topological polar surface area (TPSA) is 29.5 Å². The van der Waals surface area contributed by atoms with Gasteiger partial charge in [-0.1, -0.05) is 38.4 Å². The molecule has 0 saturated carbocycles. The normalized spacial score (nSPS) is 13.4. The maximum absolute atomic E-state index is 9.87. The fourth-order valence-corrected chi connectivity index (χ4v) is 1.76. The van der Waals surface area contributed by atoms with Crippen LogP contribution in [0, 0.1) is 12.3 Å². The van der Waals surface area contributed by atoms with Gasteiger partial charge >= 0.3 is 0 Å². The lowest BCUT2D eigenvalue weighted by Crippen LogP contribution is -2.20. The predicted octanol–water partition coefficient (Wildman–Crippen LogP) is 4.21. The van der Waals surface area contributed by atoms with Crippen molar-refractivity contribution in [2.75, 3.05) is 6.61 Å². The molecule has 1 N–H and O–H groups in total. The van der Waals surface area contributed by atoms with Crippen LogP contribution >= 0.6 is 11.6 Å². The van der Waals surface area contributed by atoms with Crippen LogP contribution in [0.1, 0.15) is 39.2 Å². The van der Waals surface area contributed by atoms with Crippen molar-refractivity contribution < 1.29 is 9.84 Å². The summed E-state index contributed by atoms with van der Waals surface area (Å²) in [6.07, 6.45) is 1.27. The molecule has 0 saturated heterocycles. The third kappa shape index (κ3) is 5.74. The molecule has 0 aliphatic heterocycles. The van der Waals surface area contributed by atoms with Gasteiger partial charge in [0.1, 0.15) is 12.4 Å². The summed E-state index contributed by atoms with van der Waals surface area (Å²) in [7, 11) is 0. The highest BCUT2D eigenvalue weighted by atomic mass is 35.5. The van der Waals surface area contributed by atoms with Gasteiger partial charge in [-0.2, -0.15) is 0 Å². The Morgan fingerprint density at radius 2 is 2.00 bits per heavy atom. The van der Waals surface area contributed by atoms with Crippen LogP contribution in [0.25, 0.3) is 0 Å². The number of aliphatic hydroxyl groups excluding tert-OH is 1. The number of hydrogen-bond donors (Lipinski definition) is 1. The van der Waals surface area contributed by atoms with Gasteiger partial charge in [0, 0.05) is 0 Å². The molecule has 0 radical (unpaired) electrons. The van der Waals surface area contributed by atoms with Crippen LogP contribution in [0.4, 0.5) is 0 Å². The van der Waals surface area contributed by atoms with Crippen molar-refractivity contribution in [2.45, 2.75) is 46.6 Å². The zero-order chi connectivity index (χ0) is 13.8. The monoisotopic (exact) mass is 270 g/mol. The molecule has 0 amide bonds. The van der Waals surface area contributed by atoms with Crippen molar-refractivity contribution in [3.8, 4) is 5.75 Å². The second-order valence-electron chi connectivity index (χ2n) is 6.00. The minimum absolute atomic E-state index is 0.238. The van der Waals surface area contributed by atoms with E-state index in [1.807, 2.05) is 25.1 Å². The van der Waals surface area contributed by atoms with Crippen LogP contribution in [-0.2, 0) is 0 Å². The zero-order valence-corrected chi connectivity index (χ0v) is 12.4. The predicted molar refractivity (Wildman–Crippen MR) is 76.4 cm³/mol. The quantitative estimate of drug-likeness (QED) is 0.868. The third-order valence-corrected chi connectivity index (χ3v) is 3.06. The first-order valence-electron chi connectivity index (χ1n) is 6.35. The van der Waals surface area contributed by atoms with Gasteiger partial charge in [-0.05, 0) is 42.9 Å². The smallest absolute Gasteiger partial charge is 0.138 e. The highest BCUT2D eigenvalue weighted by Crippen LogP contribution is 2.26. The molecular formula is C15H23ClO2. The van der Waals surface area contributed by atoms with Crippen LogP contribution in [0.15, 0.2) is 18.2 Å². The van der Waals surface area contributed by atoms with Gasteiger partial charge in [-0.15, -0.1) is 0 Å². The second kappa shape index (κ2) is 6.44. The SMILES string of the molecule is Cc1ccc(Cl)c(OCC(O)CCC(C)(C)C)c1. The van der Waals surface area contributed by atoms with E-state index in [1.54, 1.807) is 0 Å². The van der Waals surface area contributed by atoms with E-state index in [1.165, 1.54) is 0 Å². The Bertz CT molecular complexity index is 383. The molecule has 1 aromatic rings. The molecule has 18 heavy (non-hydrogen) atoms. The maximum Gasteiger partial charge on any atom is 0.138 e. The van der Waals surface area contributed by atoms with Gasteiger partial charge in [0.25, 0.3) is 0 Å². The largest absolute Gasteiger partial charge is 0.489 e. The maximum atomic E-state index is 9.87. The summed E-state index contributed by atoms with van der Waals surface area (Å²) in [5.41, 5.74) is 1.33. The van der Waals surface area contributed by atoms with Crippen molar-refractivity contribution in [3.05, 3.63) is 28.8 Å². The van der Waals surface area contributed by atoms with Crippen LogP contribution < -0.4 is 4.74 Å². The van der Waals surface area contributed by atoms with E-state index < -0.39 is 6.10 Å². The van der Waals surface area contributed by atoms with E-state index in [0.717, 1.165) is 18.4 Å². The lowest BCUT2D eigenvalue weighted by atomic mass is 9.89. The molecule has 0 fully saturated rings. The molecule has 102 valence electrons. The average Bonchev–Trinajstić information content (AvgIpc) is 2.26. The van der Waals surface area contributed by atoms with Gasteiger partial charge in [-0.25, -0.2) is 0 Å². The minimum Gasteiger partial charge on any atom is -0.489 e. The Hall–Kier alpha value is -0.730. The van der Waals surface area contributed by atoms with E-state index in [-0.39, 0.29) is 5.41 Å². The third-order valence-electron chi connectivity index (χ3n) is 2.75. The molecule has 0 heterocycles. The lowest BCUT2D eigenvalue weighted by Gasteiger charge is -2.20. The van der Waals surface area contributed by atoms with E-state index in [4.69, 9.17) is 16.3 Å². The van der Waals surface area contributed by atoms with Gasteiger partial charge < -0.3 is 9.84 Å². The van der Waals surface area contributed by atoms with E-state index >= 15 is 0 Å². The standard InChI is InChI=1S/C15H23ClO2/c1-11-5-6-13(16)14(9-11)18-10-12(17)7-8-15(2,3)4/h5-6,9,12,17H,7-8,10H2,1-4H3. The Balaban J connectivity index is 2.42. The lowest BCUT2D eigenvalue weighted by molar-refractivity contribution is 0.0889. The molecule has 1 atom stereocenters. The molecule has 1 unspecified atom stereocenters. The highest BCUT2D eigenvalue weighted by Gasteiger charge is 2.14. The molecule has 0 aliphatic carbocycles. The average molecular weight is 271 g/mol.